The summed E-state index contributed by atoms with van der Waals surface area (Å²) in [6.45, 7) is 5.07. The molecule has 5 nitrogen and oxygen atoms in total. The van der Waals surface area contributed by atoms with Gasteiger partial charge in [-0.05, 0) is 38.2 Å². The Kier molecular flexibility index (Phi) is 7.15. The van der Waals surface area contributed by atoms with E-state index in [-0.39, 0.29) is 0 Å². The summed E-state index contributed by atoms with van der Waals surface area (Å²) in [5.74, 6) is 0.855. The molecule has 2 rings (SSSR count). The Morgan fingerprint density at radius 3 is 2.87 bits per heavy atom. The zero-order valence-corrected chi connectivity index (χ0v) is 15.1. The molecule has 0 aliphatic carbocycles. The summed E-state index contributed by atoms with van der Waals surface area (Å²) in [6, 6.07) is 8.50. The largest absolute Gasteiger partial charge is 0.356 e. The average molecular weight is 338 g/mol. The predicted molar refractivity (Wildman–Crippen MR) is 98.4 cm³/mol. The fraction of sp³-hybridized carbons (Fsp3) is 0.588. The lowest BCUT2D eigenvalue weighted by molar-refractivity contribution is 0.116. The van der Waals surface area contributed by atoms with Crippen LogP contribution in [0, 0.1) is 0 Å². The van der Waals surface area contributed by atoms with Crippen molar-refractivity contribution < 1.29 is 0 Å². The molecule has 1 atom stereocenters. The van der Waals surface area contributed by atoms with Gasteiger partial charge in [0.05, 0.1) is 0 Å². The topological polar surface area (TPSA) is 42.9 Å². The van der Waals surface area contributed by atoms with Crippen LogP contribution in [0.2, 0.25) is 5.02 Å². The lowest BCUT2D eigenvalue weighted by Crippen LogP contribution is -2.55. The molecule has 0 aromatic heterocycles. The minimum atomic E-state index is 0.514. The van der Waals surface area contributed by atoms with Crippen LogP contribution < -0.4 is 10.6 Å². The maximum atomic E-state index is 6.01. The SMILES string of the molecule is CN=C(NCCc1cccc(Cl)c1)NCC1CN(C)CCN1C. The van der Waals surface area contributed by atoms with Gasteiger partial charge in [0.15, 0.2) is 5.96 Å². The molecule has 0 amide bonds. The molecule has 0 radical (unpaired) electrons. The van der Waals surface area contributed by atoms with Crippen molar-refractivity contribution in [2.24, 2.45) is 4.99 Å². The molecule has 1 saturated heterocycles. The third kappa shape index (κ3) is 6.01. The highest BCUT2D eigenvalue weighted by Crippen LogP contribution is 2.10. The van der Waals surface area contributed by atoms with E-state index in [1.165, 1.54) is 5.56 Å². The molecule has 6 heteroatoms. The van der Waals surface area contributed by atoms with Gasteiger partial charge in [0.2, 0.25) is 0 Å². The summed E-state index contributed by atoms with van der Waals surface area (Å²) in [7, 11) is 6.18. The zero-order chi connectivity index (χ0) is 16.7. The van der Waals surface area contributed by atoms with Crippen LogP contribution in [0.5, 0.6) is 0 Å². The second-order valence-electron chi connectivity index (χ2n) is 6.16. The highest BCUT2D eigenvalue weighted by atomic mass is 35.5. The van der Waals surface area contributed by atoms with E-state index in [1.807, 2.05) is 25.2 Å². The highest BCUT2D eigenvalue weighted by Gasteiger charge is 2.21. The molecule has 1 aliphatic rings. The van der Waals surface area contributed by atoms with Crippen molar-refractivity contribution in [2.45, 2.75) is 12.5 Å². The van der Waals surface area contributed by atoms with Crippen LogP contribution in [0.25, 0.3) is 0 Å². The quantitative estimate of drug-likeness (QED) is 0.628. The van der Waals surface area contributed by atoms with Crippen LogP contribution in [-0.4, -0.2) is 75.7 Å². The number of aliphatic imine (C=N–C) groups is 1. The molecule has 0 bridgehead atoms. The zero-order valence-electron chi connectivity index (χ0n) is 14.3. The summed E-state index contributed by atoms with van der Waals surface area (Å²) in [4.78, 5) is 9.09. The first-order valence-electron chi connectivity index (χ1n) is 8.16. The van der Waals surface area contributed by atoms with Crippen LogP contribution in [0.3, 0.4) is 0 Å². The first kappa shape index (κ1) is 18.0. The first-order valence-corrected chi connectivity index (χ1v) is 8.54. The van der Waals surface area contributed by atoms with E-state index in [1.54, 1.807) is 0 Å². The molecule has 0 spiro atoms. The molecule has 1 unspecified atom stereocenters. The summed E-state index contributed by atoms with van der Waals surface area (Å²) in [6.07, 6.45) is 0.924. The normalized spacial score (nSPS) is 20.5. The number of nitrogens with one attached hydrogen (secondary N) is 2. The molecule has 23 heavy (non-hydrogen) atoms. The molecule has 2 N–H and O–H groups in total. The van der Waals surface area contributed by atoms with Gasteiger partial charge in [-0.15, -0.1) is 0 Å². The predicted octanol–water partition coefficient (Wildman–Crippen LogP) is 1.29. The third-order valence-electron chi connectivity index (χ3n) is 4.30. The molecular weight excluding hydrogens is 310 g/mol. The van der Waals surface area contributed by atoms with Crippen molar-refractivity contribution in [2.75, 3.05) is 53.9 Å². The van der Waals surface area contributed by atoms with Crippen LogP contribution in [0.15, 0.2) is 29.3 Å². The minimum Gasteiger partial charge on any atom is -0.356 e. The molecule has 128 valence electrons. The number of nitrogens with zero attached hydrogens (tertiary/aromatic N) is 3. The van der Waals surface area contributed by atoms with Crippen molar-refractivity contribution >= 4 is 17.6 Å². The Morgan fingerprint density at radius 2 is 2.13 bits per heavy atom. The number of piperazine rings is 1. The number of hydrogen-bond acceptors (Lipinski definition) is 3. The Morgan fingerprint density at radius 1 is 1.30 bits per heavy atom. The maximum Gasteiger partial charge on any atom is 0.191 e. The summed E-state index contributed by atoms with van der Waals surface area (Å²) in [5.41, 5.74) is 1.23. The monoisotopic (exact) mass is 337 g/mol. The second-order valence-corrected chi connectivity index (χ2v) is 6.59. The fourth-order valence-corrected chi connectivity index (χ4v) is 2.99. The maximum absolute atomic E-state index is 6.01. The minimum absolute atomic E-state index is 0.514. The average Bonchev–Trinajstić information content (AvgIpc) is 2.53. The van der Waals surface area contributed by atoms with Gasteiger partial charge in [0.1, 0.15) is 0 Å². The smallest absolute Gasteiger partial charge is 0.191 e. The Labute approximate surface area is 144 Å². The van der Waals surface area contributed by atoms with Crippen LogP contribution in [0.4, 0.5) is 0 Å². The lowest BCUT2D eigenvalue weighted by Gasteiger charge is -2.37. The second kappa shape index (κ2) is 9.11. The number of hydrogen-bond donors (Lipinski definition) is 2. The lowest BCUT2D eigenvalue weighted by atomic mass is 10.1. The standard InChI is InChI=1S/C17H28ClN5/c1-19-17(20-8-7-14-5-4-6-15(18)11-14)21-12-16-13-22(2)9-10-23(16)3/h4-6,11,16H,7-10,12-13H2,1-3H3,(H2,19,20,21). The van der Waals surface area contributed by atoms with Crippen molar-refractivity contribution in [1.29, 1.82) is 0 Å². The highest BCUT2D eigenvalue weighted by molar-refractivity contribution is 6.30. The van der Waals surface area contributed by atoms with Gasteiger partial charge in [-0.3, -0.25) is 9.89 Å². The van der Waals surface area contributed by atoms with Gasteiger partial charge in [0, 0.05) is 50.8 Å². The van der Waals surface area contributed by atoms with Gasteiger partial charge >= 0.3 is 0 Å². The number of likely N-dealkylation sites (N-methyl/N-ethyl adjacent to an activating group) is 2. The molecular formula is C17H28ClN5. The van der Waals surface area contributed by atoms with Crippen LogP contribution in [0.1, 0.15) is 5.56 Å². The van der Waals surface area contributed by atoms with Gasteiger partial charge in [-0.25, -0.2) is 0 Å². The van der Waals surface area contributed by atoms with E-state index in [9.17, 15) is 0 Å². The van der Waals surface area contributed by atoms with E-state index in [2.05, 4.69) is 45.6 Å². The van der Waals surface area contributed by atoms with Crippen molar-refractivity contribution in [1.82, 2.24) is 20.4 Å². The number of benzene rings is 1. The molecule has 1 heterocycles. The van der Waals surface area contributed by atoms with Crippen molar-refractivity contribution in [3.63, 3.8) is 0 Å². The number of guanidine groups is 1. The van der Waals surface area contributed by atoms with E-state index >= 15 is 0 Å². The van der Waals surface area contributed by atoms with E-state index < -0.39 is 0 Å². The van der Waals surface area contributed by atoms with Gasteiger partial charge in [-0.1, -0.05) is 23.7 Å². The summed E-state index contributed by atoms with van der Waals surface area (Å²) >= 11 is 6.01. The van der Waals surface area contributed by atoms with E-state index in [4.69, 9.17) is 11.6 Å². The van der Waals surface area contributed by atoms with Crippen LogP contribution in [-0.2, 0) is 6.42 Å². The summed E-state index contributed by atoms with van der Waals surface area (Å²) < 4.78 is 0. The first-order chi connectivity index (χ1) is 11.1. The summed E-state index contributed by atoms with van der Waals surface area (Å²) in [5, 5.41) is 7.59. The number of halogens is 1. The Balaban J connectivity index is 1.73. The molecule has 0 saturated carbocycles. The van der Waals surface area contributed by atoms with Crippen LogP contribution >= 0.6 is 11.6 Å². The van der Waals surface area contributed by atoms with E-state index in [0.29, 0.717) is 6.04 Å². The Bertz CT molecular complexity index is 519. The Hall–Kier alpha value is -1.30. The molecule has 1 fully saturated rings. The number of rotatable bonds is 5. The fourth-order valence-electron chi connectivity index (χ4n) is 2.77. The van der Waals surface area contributed by atoms with Crippen molar-refractivity contribution in [3.8, 4) is 0 Å². The van der Waals surface area contributed by atoms with Gasteiger partial charge in [-0.2, -0.15) is 0 Å². The molecule has 1 aromatic carbocycles. The third-order valence-corrected chi connectivity index (χ3v) is 4.54. The van der Waals surface area contributed by atoms with E-state index in [0.717, 1.165) is 50.1 Å². The van der Waals surface area contributed by atoms with Crippen molar-refractivity contribution in [3.05, 3.63) is 34.9 Å². The molecule has 1 aromatic rings. The van der Waals surface area contributed by atoms with Gasteiger partial charge < -0.3 is 15.5 Å². The molecule has 1 aliphatic heterocycles. The van der Waals surface area contributed by atoms with Gasteiger partial charge in [0.25, 0.3) is 0 Å².